The Bertz CT molecular complexity index is 1200. The molecule has 0 radical (unpaired) electrons. The number of thioether (sulfide) groups is 1. The molecule has 0 aliphatic carbocycles. The summed E-state index contributed by atoms with van der Waals surface area (Å²) in [6.45, 7) is 0. The molecule has 27 heavy (non-hydrogen) atoms. The van der Waals surface area contributed by atoms with Gasteiger partial charge in [-0.05, 0) is 18.2 Å². The molecule has 0 saturated heterocycles. The molecule has 0 saturated carbocycles. The van der Waals surface area contributed by atoms with Gasteiger partial charge in [0.25, 0.3) is 0 Å². The molecule has 5 rings (SSSR count). The van der Waals surface area contributed by atoms with Crippen LogP contribution in [0.4, 0.5) is 0 Å². The number of fused-ring (bicyclic) bond motifs is 2. The smallest absolute Gasteiger partial charge is 0.214 e. The van der Waals surface area contributed by atoms with E-state index in [0.717, 1.165) is 37.1 Å². The van der Waals surface area contributed by atoms with Crippen LogP contribution in [0.5, 0.6) is 5.75 Å². The molecule has 0 atom stereocenters. The van der Waals surface area contributed by atoms with Crippen LogP contribution in [0.3, 0.4) is 0 Å². The zero-order chi connectivity index (χ0) is 18.4. The Balaban J connectivity index is 1.57. The van der Waals surface area contributed by atoms with E-state index in [1.807, 2.05) is 52.5 Å². The summed E-state index contributed by atoms with van der Waals surface area (Å²) in [7, 11) is 1.66. The molecular weight excluding hydrogens is 400 g/mol. The van der Waals surface area contributed by atoms with Crippen molar-refractivity contribution < 1.29 is 4.74 Å². The quantitative estimate of drug-likeness (QED) is 0.483. The van der Waals surface area contributed by atoms with Crippen molar-refractivity contribution in [3.63, 3.8) is 0 Å². The third-order valence-corrected chi connectivity index (χ3v) is 6.77. The average Bonchev–Trinajstić information content (AvgIpc) is 3.28. The van der Waals surface area contributed by atoms with Gasteiger partial charge in [-0.25, -0.2) is 4.68 Å². The minimum absolute atomic E-state index is 0.704. The summed E-state index contributed by atoms with van der Waals surface area (Å²) in [5.74, 6) is 1.51. The van der Waals surface area contributed by atoms with Gasteiger partial charge in [-0.1, -0.05) is 53.7 Å². The van der Waals surface area contributed by atoms with E-state index in [1.165, 1.54) is 11.8 Å². The number of nitrogens with one attached hydrogen (secondary N) is 1. The minimum Gasteiger partial charge on any atom is -0.497 e. The first kappa shape index (κ1) is 16.7. The van der Waals surface area contributed by atoms with Crippen LogP contribution in [0, 0.1) is 0 Å². The van der Waals surface area contributed by atoms with Gasteiger partial charge >= 0.3 is 0 Å². The standard InChI is InChI=1S/C19H13ClN4OS2/c1-25-12-6-4-5-11(9-12)14-10-26-19-22-21-18(24(19)23-14)17-16(20)13-7-2-3-8-15(13)27-17/h2-10,23H,1H3. The number of ether oxygens (including phenoxy) is 1. The van der Waals surface area contributed by atoms with Crippen molar-refractivity contribution in [2.24, 2.45) is 0 Å². The van der Waals surface area contributed by atoms with Gasteiger partial charge < -0.3 is 4.74 Å². The Morgan fingerprint density at radius 3 is 2.85 bits per heavy atom. The van der Waals surface area contributed by atoms with Crippen molar-refractivity contribution in [3.8, 4) is 16.5 Å². The fraction of sp³-hybridized carbons (Fsp3) is 0.0526. The van der Waals surface area contributed by atoms with Gasteiger partial charge in [0.15, 0.2) is 5.82 Å². The lowest BCUT2D eigenvalue weighted by atomic mass is 10.2. The molecule has 0 fully saturated rings. The Morgan fingerprint density at radius 2 is 2.00 bits per heavy atom. The lowest BCUT2D eigenvalue weighted by Crippen LogP contribution is -2.18. The Morgan fingerprint density at radius 1 is 1.11 bits per heavy atom. The molecule has 8 heteroatoms. The lowest BCUT2D eigenvalue weighted by Gasteiger charge is -2.19. The first-order valence-corrected chi connectivity index (χ1v) is 10.2. The first-order chi connectivity index (χ1) is 13.2. The summed E-state index contributed by atoms with van der Waals surface area (Å²) >= 11 is 9.78. The minimum atomic E-state index is 0.704. The zero-order valence-electron chi connectivity index (χ0n) is 14.1. The Labute approximate surface area is 168 Å². The second-order valence-electron chi connectivity index (χ2n) is 5.88. The molecule has 4 aromatic rings. The maximum absolute atomic E-state index is 6.65. The zero-order valence-corrected chi connectivity index (χ0v) is 16.5. The van der Waals surface area contributed by atoms with Crippen LogP contribution in [0.1, 0.15) is 5.56 Å². The first-order valence-electron chi connectivity index (χ1n) is 8.15. The van der Waals surface area contributed by atoms with Gasteiger partial charge in [-0.15, -0.1) is 21.5 Å². The molecular formula is C19H13ClN4OS2. The fourth-order valence-electron chi connectivity index (χ4n) is 2.93. The van der Waals surface area contributed by atoms with Crippen LogP contribution >= 0.6 is 34.7 Å². The number of benzene rings is 2. The maximum atomic E-state index is 6.65. The van der Waals surface area contributed by atoms with Gasteiger partial charge in [0, 0.05) is 21.1 Å². The number of nitrogens with zero attached hydrogens (tertiary/aromatic N) is 3. The Kier molecular flexibility index (Phi) is 4.07. The second-order valence-corrected chi connectivity index (χ2v) is 8.14. The number of aromatic nitrogens is 3. The van der Waals surface area contributed by atoms with Crippen molar-refractivity contribution >= 4 is 50.5 Å². The highest BCUT2D eigenvalue weighted by atomic mass is 35.5. The molecule has 1 N–H and O–H groups in total. The molecule has 134 valence electrons. The number of hydrogen-bond donors (Lipinski definition) is 1. The summed E-state index contributed by atoms with van der Waals surface area (Å²) in [5, 5.41) is 13.2. The van der Waals surface area contributed by atoms with Crippen LogP contribution in [0.15, 0.2) is 59.1 Å². The predicted molar refractivity (Wildman–Crippen MR) is 112 cm³/mol. The van der Waals surface area contributed by atoms with E-state index in [-0.39, 0.29) is 0 Å². The lowest BCUT2D eigenvalue weighted by molar-refractivity contribution is 0.414. The number of thiophene rings is 1. The van der Waals surface area contributed by atoms with E-state index in [9.17, 15) is 0 Å². The molecule has 0 bridgehead atoms. The van der Waals surface area contributed by atoms with E-state index in [0.29, 0.717) is 10.8 Å². The topological polar surface area (TPSA) is 52.0 Å². The molecule has 2 aromatic heterocycles. The highest BCUT2D eigenvalue weighted by Gasteiger charge is 2.23. The van der Waals surface area contributed by atoms with E-state index in [2.05, 4.69) is 21.7 Å². The van der Waals surface area contributed by atoms with Gasteiger partial charge in [0.2, 0.25) is 5.16 Å². The van der Waals surface area contributed by atoms with Crippen molar-refractivity contribution in [1.29, 1.82) is 0 Å². The summed E-state index contributed by atoms with van der Waals surface area (Å²) < 4.78 is 8.35. The van der Waals surface area contributed by atoms with Gasteiger partial charge in [-0.3, -0.25) is 5.43 Å². The molecule has 2 aromatic carbocycles. The van der Waals surface area contributed by atoms with Gasteiger partial charge in [-0.2, -0.15) is 0 Å². The van der Waals surface area contributed by atoms with E-state index in [1.54, 1.807) is 18.4 Å². The average molecular weight is 413 g/mol. The molecule has 1 aliphatic heterocycles. The number of hydrogen-bond acceptors (Lipinski definition) is 6. The molecule has 3 heterocycles. The van der Waals surface area contributed by atoms with Crippen molar-refractivity contribution in [3.05, 3.63) is 64.5 Å². The van der Waals surface area contributed by atoms with Gasteiger partial charge in [0.05, 0.1) is 22.7 Å². The molecule has 0 amide bonds. The predicted octanol–water partition coefficient (Wildman–Crippen LogP) is 5.47. The highest BCUT2D eigenvalue weighted by Crippen LogP contribution is 2.42. The van der Waals surface area contributed by atoms with Crippen LogP contribution in [0.25, 0.3) is 26.5 Å². The van der Waals surface area contributed by atoms with E-state index < -0.39 is 0 Å². The van der Waals surface area contributed by atoms with Crippen LogP contribution in [-0.2, 0) is 0 Å². The van der Waals surface area contributed by atoms with Gasteiger partial charge in [0.1, 0.15) is 5.75 Å². The number of halogens is 1. The van der Waals surface area contributed by atoms with Crippen LogP contribution in [-0.4, -0.2) is 22.0 Å². The monoisotopic (exact) mass is 412 g/mol. The van der Waals surface area contributed by atoms with E-state index >= 15 is 0 Å². The normalized spacial score (nSPS) is 13.2. The van der Waals surface area contributed by atoms with Crippen molar-refractivity contribution in [2.75, 3.05) is 12.5 Å². The Hall–Kier alpha value is -2.48. The van der Waals surface area contributed by atoms with Crippen LogP contribution < -0.4 is 10.2 Å². The largest absolute Gasteiger partial charge is 0.497 e. The highest BCUT2D eigenvalue weighted by molar-refractivity contribution is 8.02. The summed E-state index contributed by atoms with van der Waals surface area (Å²) in [4.78, 5) is 0.900. The maximum Gasteiger partial charge on any atom is 0.214 e. The number of rotatable bonds is 3. The SMILES string of the molecule is COc1cccc(C2=CSc3nnc(-c4sc5ccccc5c4Cl)n3N2)c1. The third-order valence-electron chi connectivity index (χ3n) is 4.27. The molecule has 5 nitrogen and oxygen atoms in total. The summed E-state index contributed by atoms with van der Waals surface area (Å²) in [6, 6.07) is 16.0. The summed E-state index contributed by atoms with van der Waals surface area (Å²) in [6.07, 6.45) is 0. The summed E-state index contributed by atoms with van der Waals surface area (Å²) in [5.41, 5.74) is 5.38. The van der Waals surface area contributed by atoms with Crippen molar-refractivity contribution in [1.82, 2.24) is 14.9 Å². The third kappa shape index (κ3) is 2.79. The molecule has 0 unspecified atom stereocenters. The molecule has 0 spiro atoms. The second kappa shape index (κ2) is 6.60. The molecule has 1 aliphatic rings. The van der Waals surface area contributed by atoms with E-state index in [4.69, 9.17) is 16.3 Å². The van der Waals surface area contributed by atoms with Crippen LogP contribution in [0.2, 0.25) is 5.02 Å². The van der Waals surface area contributed by atoms with Crippen molar-refractivity contribution in [2.45, 2.75) is 5.16 Å². The number of methoxy groups -OCH3 is 1. The fourth-order valence-corrected chi connectivity index (χ4v) is 5.16.